The van der Waals surface area contributed by atoms with Crippen molar-refractivity contribution < 1.29 is 0 Å². The number of aromatic amines is 1. The smallest absolute Gasteiger partial charge is 0.178 e. The first-order valence-corrected chi connectivity index (χ1v) is 8.61. The Morgan fingerprint density at radius 1 is 1.14 bits per heavy atom. The molecule has 1 aromatic heterocycles. The van der Waals surface area contributed by atoms with Crippen LogP contribution in [0.1, 0.15) is 5.56 Å². The predicted octanol–water partition coefficient (Wildman–Crippen LogP) is 5.85. The van der Waals surface area contributed by atoms with E-state index in [-0.39, 0.29) is 0 Å². The second kappa shape index (κ2) is 6.28. The van der Waals surface area contributed by atoms with E-state index in [2.05, 4.69) is 50.3 Å². The SMILES string of the molecule is S=c1[nH]c2cc(I)ccc2n1CCc1ccc(Cl)cc1Cl. The second-order valence-electron chi connectivity index (χ2n) is 4.73. The third-order valence-corrected chi connectivity index (χ3v) is 4.94. The van der Waals surface area contributed by atoms with Gasteiger partial charge in [0.2, 0.25) is 0 Å². The molecule has 0 fully saturated rings. The third-order valence-electron chi connectivity index (χ3n) is 3.36. The molecule has 6 heteroatoms. The Hall–Kier alpha value is -0.560. The quantitative estimate of drug-likeness (QED) is 0.393. The van der Waals surface area contributed by atoms with Crippen LogP contribution in [0.3, 0.4) is 0 Å². The fourth-order valence-corrected chi connectivity index (χ4v) is 3.61. The van der Waals surface area contributed by atoms with E-state index in [0.717, 1.165) is 34.3 Å². The van der Waals surface area contributed by atoms with Crippen LogP contribution in [0.25, 0.3) is 11.0 Å². The molecule has 0 bridgehead atoms. The molecule has 0 spiro atoms. The maximum Gasteiger partial charge on any atom is 0.178 e. The lowest BCUT2D eigenvalue weighted by Gasteiger charge is -2.07. The van der Waals surface area contributed by atoms with E-state index >= 15 is 0 Å². The largest absolute Gasteiger partial charge is 0.331 e. The zero-order valence-corrected chi connectivity index (χ0v) is 15.4. The first-order chi connectivity index (χ1) is 10.0. The van der Waals surface area contributed by atoms with Gasteiger partial charge >= 0.3 is 0 Å². The van der Waals surface area contributed by atoms with Crippen molar-refractivity contribution in [2.45, 2.75) is 13.0 Å². The molecule has 0 radical (unpaired) electrons. The minimum Gasteiger partial charge on any atom is -0.331 e. The van der Waals surface area contributed by atoms with Crippen LogP contribution in [0.4, 0.5) is 0 Å². The summed E-state index contributed by atoms with van der Waals surface area (Å²) in [7, 11) is 0. The number of rotatable bonds is 3. The molecule has 1 N–H and O–H groups in total. The van der Waals surface area contributed by atoms with Crippen molar-refractivity contribution in [2.24, 2.45) is 0 Å². The summed E-state index contributed by atoms with van der Waals surface area (Å²) >= 11 is 19.9. The van der Waals surface area contributed by atoms with Gasteiger partial charge < -0.3 is 9.55 Å². The molecule has 3 rings (SSSR count). The third kappa shape index (κ3) is 3.28. The zero-order chi connectivity index (χ0) is 15.0. The van der Waals surface area contributed by atoms with Crippen molar-refractivity contribution in [3.8, 4) is 0 Å². The Morgan fingerprint density at radius 2 is 1.95 bits per heavy atom. The molecule has 108 valence electrons. The summed E-state index contributed by atoms with van der Waals surface area (Å²) in [6.07, 6.45) is 0.809. The lowest BCUT2D eigenvalue weighted by Crippen LogP contribution is -2.01. The minimum atomic E-state index is 0.655. The molecule has 0 unspecified atom stereocenters. The summed E-state index contributed by atoms with van der Waals surface area (Å²) in [6.45, 7) is 0.779. The normalized spacial score (nSPS) is 11.2. The molecule has 0 aliphatic carbocycles. The Kier molecular flexibility index (Phi) is 4.59. The highest BCUT2D eigenvalue weighted by atomic mass is 127. The average molecular weight is 449 g/mol. The molecule has 3 aromatic rings. The molecule has 0 saturated carbocycles. The summed E-state index contributed by atoms with van der Waals surface area (Å²) < 4.78 is 4.02. The number of aromatic nitrogens is 2. The summed E-state index contributed by atoms with van der Waals surface area (Å²) in [4.78, 5) is 3.25. The number of hydrogen-bond donors (Lipinski definition) is 1. The first kappa shape index (κ1) is 15.3. The van der Waals surface area contributed by atoms with Gasteiger partial charge in [0.25, 0.3) is 0 Å². The number of fused-ring (bicyclic) bond motifs is 1. The number of aryl methyl sites for hydroxylation is 2. The number of nitrogens with one attached hydrogen (secondary N) is 1. The molecule has 0 aliphatic heterocycles. The molecular formula is C15H11Cl2IN2S. The average Bonchev–Trinajstić information content (AvgIpc) is 2.72. The Labute approximate surface area is 151 Å². The second-order valence-corrected chi connectivity index (χ2v) is 7.20. The fourth-order valence-electron chi connectivity index (χ4n) is 2.31. The van der Waals surface area contributed by atoms with E-state index in [9.17, 15) is 0 Å². The van der Waals surface area contributed by atoms with E-state index in [1.807, 2.05) is 12.1 Å². The number of hydrogen-bond acceptors (Lipinski definition) is 1. The summed E-state index contributed by atoms with van der Waals surface area (Å²) in [6, 6.07) is 11.9. The van der Waals surface area contributed by atoms with Gasteiger partial charge in [-0.25, -0.2) is 0 Å². The highest BCUT2D eigenvalue weighted by Gasteiger charge is 2.07. The number of imidazole rings is 1. The van der Waals surface area contributed by atoms with E-state index in [0.29, 0.717) is 10.0 Å². The maximum atomic E-state index is 6.22. The van der Waals surface area contributed by atoms with Gasteiger partial charge in [0, 0.05) is 20.2 Å². The highest BCUT2D eigenvalue weighted by molar-refractivity contribution is 14.1. The van der Waals surface area contributed by atoms with Crippen LogP contribution in [0, 0.1) is 8.34 Å². The molecule has 0 aliphatic rings. The highest BCUT2D eigenvalue weighted by Crippen LogP contribution is 2.23. The number of halogens is 3. The fraction of sp³-hybridized carbons (Fsp3) is 0.133. The van der Waals surface area contributed by atoms with E-state index in [4.69, 9.17) is 35.4 Å². The van der Waals surface area contributed by atoms with Crippen molar-refractivity contribution in [3.63, 3.8) is 0 Å². The van der Waals surface area contributed by atoms with Gasteiger partial charge in [-0.2, -0.15) is 0 Å². The number of benzene rings is 2. The van der Waals surface area contributed by atoms with Crippen LogP contribution >= 0.6 is 58.0 Å². The molecule has 21 heavy (non-hydrogen) atoms. The van der Waals surface area contributed by atoms with Crippen LogP contribution in [0.15, 0.2) is 36.4 Å². The minimum absolute atomic E-state index is 0.655. The molecule has 0 amide bonds. The van der Waals surface area contributed by atoms with E-state index in [1.54, 1.807) is 6.07 Å². The molecule has 1 heterocycles. The van der Waals surface area contributed by atoms with Crippen molar-refractivity contribution in [2.75, 3.05) is 0 Å². The molecule has 0 saturated heterocycles. The van der Waals surface area contributed by atoms with Crippen molar-refractivity contribution in [1.82, 2.24) is 9.55 Å². The van der Waals surface area contributed by atoms with Crippen LogP contribution < -0.4 is 0 Å². The Morgan fingerprint density at radius 3 is 2.71 bits per heavy atom. The van der Waals surface area contributed by atoms with Crippen LogP contribution in [-0.2, 0) is 13.0 Å². The molecule has 2 aromatic carbocycles. The van der Waals surface area contributed by atoms with Gasteiger partial charge in [0.05, 0.1) is 11.0 Å². The van der Waals surface area contributed by atoms with Gasteiger partial charge in [-0.15, -0.1) is 0 Å². The Bertz CT molecular complexity index is 870. The van der Waals surface area contributed by atoms with Crippen LogP contribution in [-0.4, -0.2) is 9.55 Å². The number of H-pyrrole nitrogens is 1. The van der Waals surface area contributed by atoms with Gasteiger partial charge in [-0.3, -0.25) is 0 Å². The molecular weight excluding hydrogens is 438 g/mol. The summed E-state index contributed by atoms with van der Waals surface area (Å²) in [5.41, 5.74) is 3.25. The van der Waals surface area contributed by atoms with E-state index in [1.165, 1.54) is 3.57 Å². The zero-order valence-electron chi connectivity index (χ0n) is 10.9. The molecule has 0 atom stereocenters. The van der Waals surface area contributed by atoms with Crippen LogP contribution in [0.2, 0.25) is 10.0 Å². The first-order valence-electron chi connectivity index (χ1n) is 6.36. The van der Waals surface area contributed by atoms with Gasteiger partial charge in [0.15, 0.2) is 4.77 Å². The summed E-state index contributed by atoms with van der Waals surface area (Å²) in [5.74, 6) is 0. The van der Waals surface area contributed by atoms with Crippen molar-refractivity contribution in [3.05, 3.63) is 60.3 Å². The van der Waals surface area contributed by atoms with Gasteiger partial charge in [0.1, 0.15) is 0 Å². The molecule has 2 nitrogen and oxygen atoms in total. The van der Waals surface area contributed by atoms with Gasteiger partial charge in [-0.1, -0.05) is 29.3 Å². The standard InChI is InChI=1S/C15H11Cl2IN2S/c16-10-2-1-9(12(17)7-10)5-6-20-14-4-3-11(18)8-13(14)19-15(20)21/h1-4,7-8H,5-6H2,(H,19,21). The maximum absolute atomic E-state index is 6.22. The number of nitrogens with zero attached hydrogens (tertiary/aromatic N) is 1. The predicted molar refractivity (Wildman–Crippen MR) is 100 cm³/mol. The van der Waals surface area contributed by atoms with Crippen molar-refractivity contribution >= 4 is 69.0 Å². The van der Waals surface area contributed by atoms with Gasteiger partial charge in [-0.05, 0) is 77.1 Å². The monoisotopic (exact) mass is 448 g/mol. The lowest BCUT2D eigenvalue weighted by atomic mass is 10.1. The lowest BCUT2D eigenvalue weighted by molar-refractivity contribution is 0.706. The van der Waals surface area contributed by atoms with Crippen molar-refractivity contribution in [1.29, 1.82) is 0 Å². The summed E-state index contributed by atoms with van der Waals surface area (Å²) in [5, 5.41) is 1.35. The Balaban J connectivity index is 1.91. The van der Waals surface area contributed by atoms with Crippen LogP contribution in [0.5, 0.6) is 0 Å². The topological polar surface area (TPSA) is 20.7 Å². The van der Waals surface area contributed by atoms with E-state index < -0.39 is 0 Å².